The van der Waals surface area contributed by atoms with E-state index in [-0.39, 0.29) is 5.91 Å². The van der Waals surface area contributed by atoms with Gasteiger partial charge in [0.25, 0.3) is 0 Å². The zero-order valence-electron chi connectivity index (χ0n) is 18.2. The van der Waals surface area contributed by atoms with Crippen LogP contribution in [0.4, 0.5) is 18.0 Å². The quantitative estimate of drug-likeness (QED) is 0.642. The number of alkyl halides is 3. The maximum Gasteiger partial charge on any atom is 0.416 e. The van der Waals surface area contributed by atoms with Gasteiger partial charge in [0.05, 0.1) is 11.1 Å². The first-order chi connectivity index (χ1) is 15.6. The Bertz CT molecular complexity index is 1040. The zero-order chi connectivity index (χ0) is 23.8. The van der Waals surface area contributed by atoms with Gasteiger partial charge >= 0.3 is 12.2 Å². The van der Waals surface area contributed by atoms with E-state index >= 15 is 0 Å². The van der Waals surface area contributed by atoms with Gasteiger partial charge in [0.1, 0.15) is 6.04 Å². The van der Waals surface area contributed by atoms with Gasteiger partial charge in [-0.3, -0.25) is 4.79 Å². The average Bonchev–Trinajstić information content (AvgIpc) is 3.39. The summed E-state index contributed by atoms with van der Waals surface area (Å²) in [5.74, 6) is -0.165. The molecule has 0 bridgehead atoms. The third-order valence-corrected chi connectivity index (χ3v) is 6.60. The predicted octanol–water partition coefficient (Wildman–Crippen LogP) is 5.18. The number of likely N-dealkylation sites (tertiary alicyclic amines) is 1. The van der Waals surface area contributed by atoms with Crippen LogP contribution in [-0.4, -0.2) is 41.4 Å². The van der Waals surface area contributed by atoms with Crippen molar-refractivity contribution in [2.45, 2.75) is 50.0 Å². The molecule has 1 atom stereocenters. The molecule has 1 heterocycles. The Morgan fingerprint density at radius 2 is 1.88 bits per heavy atom. The first kappa shape index (κ1) is 23.4. The van der Waals surface area contributed by atoms with Gasteiger partial charge in [-0.25, -0.2) is 4.79 Å². The van der Waals surface area contributed by atoms with Crippen LogP contribution in [0.25, 0.3) is 0 Å². The monoisotopic (exact) mass is 479 g/mol. The molecule has 176 valence electrons. The molecule has 1 aliphatic heterocycles. The SMILES string of the molecule is CN(Cc1ccc(Cl)cc1)C(=O)C1CCCN1C(=O)NC1(c2cccc(C(F)(F)F)c2)CC1. The lowest BCUT2D eigenvalue weighted by atomic mass is 10.0. The fraction of sp³-hybridized carbons (Fsp3) is 0.417. The van der Waals surface area contributed by atoms with Crippen molar-refractivity contribution in [2.75, 3.05) is 13.6 Å². The summed E-state index contributed by atoms with van der Waals surface area (Å²) in [4.78, 5) is 29.3. The maximum absolute atomic E-state index is 13.1. The van der Waals surface area contributed by atoms with E-state index < -0.39 is 29.4 Å². The highest BCUT2D eigenvalue weighted by atomic mass is 35.5. The summed E-state index contributed by atoms with van der Waals surface area (Å²) in [7, 11) is 1.69. The molecule has 2 fully saturated rings. The predicted molar refractivity (Wildman–Crippen MR) is 119 cm³/mol. The van der Waals surface area contributed by atoms with E-state index in [1.807, 2.05) is 12.1 Å². The molecule has 4 rings (SSSR count). The first-order valence-electron chi connectivity index (χ1n) is 10.8. The first-order valence-corrected chi connectivity index (χ1v) is 11.2. The summed E-state index contributed by atoms with van der Waals surface area (Å²) in [5.41, 5.74) is -0.194. The number of halogens is 4. The van der Waals surface area contributed by atoms with Crippen molar-refractivity contribution in [3.05, 3.63) is 70.2 Å². The van der Waals surface area contributed by atoms with Gasteiger partial charge in [-0.15, -0.1) is 0 Å². The van der Waals surface area contributed by atoms with E-state index in [1.165, 1.54) is 11.0 Å². The summed E-state index contributed by atoms with van der Waals surface area (Å²) in [5, 5.41) is 3.53. The number of carbonyl (C=O) groups excluding carboxylic acids is 2. The molecule has 1 saturated carbocycles. The minimum absolute atomic E-state index is 0.165. The molecule has 5 nitrogen and oxygen atoms in total. The van der Waals surface area contributed by atoms with Crippen molar-refractivity contribution in [1.82, 2.24) is 15.1 Å². The third-order valence-electron chi connectivity index (χ3n) is 6.35. The van der Waals surface area contributed by atoms with Crippen LogP contribution in [0.1, 0.15) is 42.4 Å². The van der Waals surface area contributed by atoms with Gasteiger partial charge in [-0.2, -0.15) is 13.2 Å². The minimum Gasteiger partial charge on any atom is -0.340 e. The Kier molecular flexibility index (Phi) is 6.31. The summed E-state index contributed by atoms with van der Waals surface area (Å²) in [6, 6.07) is 11.3. The van der Waals surface area contributed by atoms with Crippen molar-refractivity contribution in [3.63, 3.8) is 0 Å². The second kappa shape index (κ2) is 8.89. The van der Waals surface area contributed by atoms with E-state index in [9.17, 15) is 22.8 Å². The van der Waals surface area contributed by atoms with Gasteiger partial charge in [0, 0.05) is 25.2 Å². The van der Waals surface area contributed by atoms with Crippen LogP contribution in [0, 0.1) is 0 Å². The Labute approximate surface area is 195 Å². The minimum atomic E-state index is -4.45. The normalized spacial score (nSPS) is 19.3. The van der Waals surface area contributed by atoms with Crippen LogP contribution in [0.15, 0.2) is 48.5 Å². The zero-order valence-corrected chi connectivity index (χ0v) is 18.9. The number of urea groups is 1. The number of hydrogen-bond donors (Lipinski definition) is 1. The molecular weight excluding hydrogens is 455 g/mol. The van der Waals surface area contributed by atoms with E-state index in [0.29, 0.717) is 49.4 Å². The molecule has 1 unspecified atom stereocenters. The third kappa shape index (κ3) is 5.11. The van der Waals surface area contributed by atoms with Crippen molar-refractivity contribution >= 4 is 23.5 Å². The van der Waals surface area contributed by atoms with Crippen LogP contribution < -0.4 is 5.32 Å². The topological polar surface area (TPSA) is 52.7 Å². The van der Waals surface area contributed by atoms with Gasteiger partial charge in [-0.1, -0.05) is 35.9 Å². The molecule has 0 aromatic heterocycles. The second-order valence-electron chi connectivity index (χ2n) is 8.76. The van der Waals surface area contributed by atoms with Crippen molar-refractivity contribution in [2.24, 2.45) is 0 Å². The Hall–Kier alpha value is -2.74. The fourth-order valence-electron chi connectivity index (χ4n) is 4.34. The molecule has 9 heteroatoms. The summed E-state index contributed by atoms with van der Waals surface area (Å²) in [6.07, 6.45) is -2.09. The summed E-state index contributed by atoms with van der Waals surface area (Å²) >= 11 is 5.91. The lowest BCUT2D eigenvalue weighted by Crippen LogP contribution is -2.51. The van der Waals surface area contributed by atoms with Crippen LogP contribution >= 0.6 is 11.6 Å². The lowest BCUT2D eigenvalue weighted by Gasteiger charge is -2.30. The molecular formula is C24H25ClF3N3O2. The van der Waals surface area contributed by atoms with Crippen LogP contribution in [0.3, 0.4) is 0 Å². The number of benzene rings is 2. The van der Waals surface area contributed by atoms with Gasteiger partial charge in [0.15, 0.2) is 0 Å². The van der Waals surface area contributed by atoms with E-state index in [2.05, 4.69) is 5.32 Å². The molecule has 2 aromatic rings. The van der Waals surface area contributed by atoms with Crippen molar-refractivity contribution in [1.29, 1.82) is 0 Å². The number of nitrogens with zero attached hydrogens (tertiary/aromatic N) is 2. The molecule has 2 aromatic carbocycles. The molecule has 33 heavy (non-hydrogen) atoms. The highest BCUT2D eigenvalue weighted by Gasteiger charge is 2.48. The van der Waals surface area contributed by atoms with Crippen LogP contribution in [0.5, 0.6) is 0 Å². The molecule has 3 amide bonds. The average molecular weight is 480 g/mol. The fourth-order valence-corrected chi connectivity index (χ4v) is 4.47. The number of nitrogens with one attached hydrogen (secondary N) is 1. The highest BCUT2D eigenvalue weighted by molar-refractivity contribution is 6.30. The van der Waals surface area contributed by atoms with Crippen LogP contribution in [0.2, 0.25) is 5.02 Å². The number of amides is 3. The van der Waals surface area contributed by atoms with Crippen molar-refractivity contribution in [3.8, 4) is 0 Å². The van der Waals surface area contributed by atoms with Gasteiger partial charge in [0.2, 0.25) is 5.91 Å². The number of rotatable bonds is 5. The second-order valence-corrected chi connectivity index (χ2v) is 9.20. The highest BCUT2D eigenvalue weighted by Crippen LogP contribution is 2.47. The Morgan fingerprint density at radius 3 is 2.52 bits per heavy atom. The smallest absolute Gasteiger partial charge is 0.340 e. The van der Waals surface area contributed by atoms with E-state index in [0.717, 1.165) is 17.7 Å². The van der Waals surface area contributed by atoms with Gasteiger partial charge < -0.3 is 15.1 Å². The number of hydrogen-bond acceptors (Lipinski definition) is 2. The Morgan fingerprint density at radius 1 is 1.18 bits per heavy atom. The maximum atomic E-state index is 13.1. The number of carbonyl (C=O) groups is 2. The van der Waals surface area contributed by atoms with E-state index in [1.54, 1.807) is 30.1 Å². The molecule has 2 aliphatic rings. The molecule has 1 N–H and O–H groups in total. The Balaban J connectivity index is 1.43. The molecule has 1 saturated heterocycles. The molecule has 0 radical (unpaired) electrons. The molecule has 0 spiro atoms. The summed E-state index contributed by atoms with van der Waals surface area (Å²) < 4.78 is 39.4. The van der Waals surface area contributed by atoms with E-state index in [4.69, 9.17) is 11.6 Å². The lowest BCUT2D eigenvalue weighted by molar-refractivity contribution is -0.137. The largest absolute Gasteiger partial charge is 0.416 e. The number of likely N-dealkylation sites (N-methyl/N-ethyl adjacent to an activating group) is 1. The standard InChI is InChI=1S/C24H25ClF3N3O2/c1-30(15-16-7-9-19(25)10-8-16)21(32)20-6-3-13-31(20)22(33)29-23(11-12-23)17-4-2-5-18(14-17)24(26,27)28/h2,4-5,7-10,14,20H,3,6,11-13,15H2,1H3,(H,29,33). The van der Waals surface area contributed by atoms with Crippen molar-refractivity contribution < 1.29 is 22.8 Å². The molecule has 1 aliphatic carbocycles. The van der Waals surface area contributed by atoms with Crippen LogP contribution in [-0.2, 0) is 23.1 Å². The summed E-state index contributed by atoms with van der Waals surface area (Å²) in [6.45, 7) is 0.811. The van der Waals surface area contributed by atoms with Gasteiger partial charge in [-0.05, 0) is 61.1 Å².